The minimum absolute atomic E-state index is 0.515. The van der Waals surface area contributed by atoms with Crippen LogP contribution < -0.4 is 0 Å². The van der Waals surface area contributed by atoms with Crippen LogP contribution in [0.3, 0.4) is 0 Å². The molecule has 172 valence electrons. The molecule has 3 unspecified atom stereocenters. The standard InChI is InChI=1S/C29H36N4/c1-3-7-20(8-4-1)26(21-9-10-21)23-11-14-30-28-27(23)24-19-25(24)29(31-28)33-17-12-22(13-18-33)32-15-5-2-6-16-32/h1,3-4,7-8,11,14,21-22,24-26H,2,5-6,9-10,12-13,15-19H2. The number of fused-ring (bicyclic) bond motifs is 3. The Labute approximate surface area is 198 Å². The third-order valence-corrected chi connectivity index (χ3v) is 9.00. The van der Waals surface area contributed by atoms with Crippen molar-refractivity contribution in [2.75, 3.05) is 26.2 Å². The van der Waals surface area contributed by atoms with Crippen LogP contribution in [0.25, 0.3) is 0 Å². The fourth-order valence-electron chi connectivity index (χ4n) is 7.05. The molecule has 2 aliphatic carbocycles. The van der Waals surface area contributed by atoms with E-state index in [-0.39, 0.29) is 0 Å². The van der Waals surface area contributed by atoms with Crippen molar-refractivity contribution < 1.29 is 0 Å². The van der Waals surface area contributed by atoms with Gasteiger partial charge in [-0.1, -0.05) is 36.8 Å². The monoisotopic (exact) mass is 440 g/mol. The summed E-state index contributed by atoms with van der Waals surface area (Å²) in [5, 5.41) is 0. The number of amidine groups is 1. The van der Waals surface area contributed by atoms with Crippen molar-refractivity contribution in [2.45, 2.75) is 69.2 Å². The number of hydrogen-bond acceptors (Lipinski definition) is 4. The number of rotatable bonds is 4. The second-order valence-electron chi connectivity index (χ2n) is 11.1. The van der Waals surface area contributed by atoms with E-state index < -0.39 is 0 Å². The average molecular weight is 441 g/mol. The van der Waals surface area contributed by atoms with E-state index in [1.165, 1.54) is 100 Å². The maximum Gasteiger partial charge on any atom is 0.157 e. The van der Waals surface area contributed by atoms with Gasteiger partial charge in [0.05, 0.1) is 0 Å². The molecule has 0 amide bonds. The Balaban J connectivity index is 1.15. The predicted molar refractivity (Wildman–Crippen MR) is 133 cm³/mol. The van der Waals surface area contributed by atoms with E-state index in [2.05, 4.69) is 46.2 Å². The Morgan fingerprint density at radius 1 is 0.818 bits per heavy atom. The van der Waals surface area contributed by atoms with Crippen LogP contribution in [-0.4, -0.2) is 52.8 Å². The van der Waals surface area contributed by atoms with Gasteiger partial charge in [0.15, 0.2) is 5.82 Å². The van der Waals surface area contributed by atoms with Crippen LogP contribution in [0.15, 0.2) is 47.6 Å². The van der Waals surface area contributed by atoms with Gasteiger partial charge < -0.3 is 9.80 Å². The smallest absolute Gasteiger partial charge is 0.157 e. The van der Waals surface area contributed by atoms with Crippen molar-refractivity contribution in [2.24, 2.45) is 16.8 Å². The van der Waals surface area contributed by atoms with Crippen LogP contribution >= 0.6 is 0 Å². The Bertz CT molecular complexity index is 1030. The van der Waals surface area contributed by atoms with Crippen LogP contribution in [0.1, 0.15) is 79.9 Å². The van der Waals surface area contributed by atoms with Crippen LogP contribution in [0.2, 0.25) is 0 Å². The highest BCUT2D eigenvalue weighted by Crippen LogP contribution is 2.59. The Kier molecular flexibility index (Phi) is 5.04. The highest BCUT2D eigenvalue weighted by molar-refractivity contribution is 5.93. The predicted octanol–water partition coefficient (Wildman–Crippen LogP) is 5.72. The summed E-state index contributed by atoms with van der Waals surface area (Å²) in [7, 11) is 0. The molecule has 0 radical (unpaired) electrons. The number of benzene rings is 1. The number of aromatic nitrogens is 1. The largest absolute Gasteiger partial charge is 0.360 e. The highest BCUT2D eigenvalue weighted by atomic mass is 15.2. The summed E-state index contributed by atoms with van der Waals surface area (Å²) >= 11 is 0. The van der Waals surface area contributed by atoms with Gasteiger partial charge in [-0.2, -0.15) is 0 Å². The third kappa shape index (κ3) is 3.71. The molecule has 3 atom stereocenters. The summed E-state index contributed by atoms with van der Waals surface area (Å²) < 4.78 is 0. The van der Waals surface area contributed by atoms with E-state index in [1.54, 1.807) is 0 Å². The number of nitrogens with zero attached hydrogens (tertiary/aromatic N) is 4. The SMILES string of the molecule is c1ccc(C(c2ccnc3c2C2CC2C(N2CCC(N4CCCCC4)CC2)=N3)C2CC2)cc1. The second-order valence-corrected chi connectivity index (χ2v) is 11.1. The number of pyridine rings is 1. The molecule has 1 aromatic heterocycles. The summed E-state index contributed by atoms with van der Waals surface area (Å²) in [6, 6.07) is 14.3. The molecule has 2 saturated heterocycles. The molecule has 1 aromatic carbocycles. The van der Waals surface area contributed by atoms with Gasteiger partial charge in [-0.15, -0.1) is 0 Å². The number of piperidine rings is 2. The van der Waals surface area contributed by atoms with Crippen molar-refractivity contribution in [1.29, 1.82) is 0 Å². The van der Waals surface area contributed by atoms with Gasteiger partial charge in [0.25, 0.3) is 0 Å². The van der Waals surface area contributed by atoms with Crippen molar-refractivity contribution >= 4 is 11.7 Å². The summed E-state index contributed by atoms with van der Waals surface area (Å²) in [6.07, 6.45) is 12.8. The Hall–Kier alpha value is -2.20. The summed E-state index contributed by atoms with van der Waals surface area (Å²) in [4.78, 5) is 15.5. The van der Waals surface area contributed by atoms with Gasteiger partial charge in [0.1, 0.15) is 5.84 Å². The number of hydrogen-bond donors (Lipinski definition) is 0. The maximum atomic E-state index is 5.26. The molecular weight excluding hydrogens is 404 g/mol. The summed E-state index contributed by atoms with van der Waals surface area (Å²) in [5.41, 5.74) is 4.48. The molecule has 2 saturated carbocycles. The van der Waals surface area contributed by atoms with Gasteiger partial charge >= 0.3 is 0 Å². The molecule has 33 heavy (non-hydrogen) atoms. The highest BCUT2D eigenvalue weighted by Gasteiger charge is 2.51. The first kappa shape index (κ1) is 20.2. The van der Waals surface area contributed by atoms with E-state index in [1.807, 2.05) is 6.20 Å². The molecule has 0 spiro atoms. The molecule has 0 N–H and O–H groups in total. The van der Waals surface area contributed by atoms with E-state index in [0.717, 1.165) is 17.8 Å². The second kappa shape index (κ2) is 8.23. The van der Waals surface area contributed by atoms with Gasteiger partial charge in [-0.25, -0.2) is 9.98 Å². The van der Waals surface area contributed by atoms with Crippen LogP contribution in [0.4, 0.5) is 5.82 Å². The summed E-state index contributed by atoms with van der Waals surface area (Å²) in [5.74, 6) is 4.96. The maximum absolute atomic E-state index is 5.26. The van der Waals surface area contributed by atoms with Gasteiger partial charge in [-0.05, 0) is 87.1 Å². The van der Waals surface area contributed by atoms with Crippen molar-refractivity contribution in [3.63, 3.8) is 0 Å². The Morgan fingerprint density at radius 2 is 1.61 bits per heavy atom. The topological polar surface area (TPSA) is 31.7 Å². The molecule has 5 aliphatic rings. The minimum atomic E-state index is 0.515. The molecule has 4 heterocycles. The normalized spacial score (nSPS) is 28.6. The molecular formula is C29H36N4. The zero-order valence-electron chi connectivity index (χ0n) is 19.7. The van der Waals surface area contributed by atoms with Crippen LogP contribution in [0.5, 0.6) is 0 Å². The third-order valence-electron chi connectivity index (χ3n) is 9.00. The first-order valence-electron chi connectivity index (χ1n) is 13.5. The molecule has 4 nitrogen and oxygen atoms in total. The molecule has 3 aliphatic heterocycles. The van der Waals surface area contributed by atoms with Gasteiger partial charge in [0, 0.05) is 42.7 Å². The van der Waals surface area contributed by atoms with Crippen LogP contribution in [-0.2, 0) is 0 Å². The lowest BCUT2D eigenvalue weighted by Crippen LogP contribution is -2.48. The van der Waals surface area contributed by atoms with Crippen molar-refractivity contribution in [3.05, 3.63) is 59.3 Å². The Morgan fingerprint density at radius 3 is 2.36 bits per heavy atom. The first-order valence-corrected chi connectivity index (χ1v) is 13.5. The first-order chi connectivity index (χ1) is 16.4. The van der Waals surface area contributed by atoms with Gasteiger partial charge in [0.2, 0.25) is 0 Å². The average Bonchev–Trinajstić information content (AvgIpc) is 3.80. The minimum Gasteiger partial charge on any atom is -0.360 e. The zero-order valence-corrected chi connectivity index (χ0v) is 19.7. The lowest BCUT2D eigenvalue weighted by atomic mass is 9.83. The quantitative estimate of drug-likeness (QED) is 0.609. The van der Waals surface area contributed by atoms with E-state index in [0.29, 0.717) is 17.8 Å². The lowest BCUT2D eigenvalue weighted by Gasteiger charge is -2.41. The van der Waals surface area contributed by atoms with Crippen molar-refractivity contribution in [3.8, 4) is 0 Å². The fourth-order valence-corrected chi connectivity index (χ4v) is 7.05. The lowest BCUT2D eigenvalue weighted by molar-refractivity contribution is 0.114. The molecule has 4 fully saturated rings. The molecule has 7 rings (SSSR count). The molecule has 0 bridgehead atoms. The fraction of sp³-hybridized carbons (Fsp3) is 0.586. The molecule has 2 aromatic rings. The van der Waals surface area contributed by atoms with Gasteiger partial charge in [-0.3, -0.25) is 0 Å². The number of aliphatic imine (C=N–C) groups is 1. The van der Waals surface area contributed by atoms with E-state index in [9.17, 15) is 0 Å². The van der Waals surface area contributed by atoms with E-state index >= 15 is 0 Å². The van der Waals surface area contributed by atoms with Crippen LogP contribution in [0, 0.1) is 11.8 Å². The van der Waals surface area contributed by atoms with E-state index in [4.69, 9.17) is 9.98 Å². The van der Waals surface area contributed by atoms with Crippen molar-refractivity contribution in [1.82, 2.24) is 14.8 Å². The zero-order chi connectivity index (χ0) is 21.8. The molecule has 4 heteroatoms. The number of likely N-dealkylation sites (tertiary alicyclic amines) is 2. The summed E-state index contributed by atoms with van der Waals surface area (Å²) in [6.45, 7) is 4.99.